The SMILES string of the molecule is C[C@@H](NC1=CC(c2cccc(OC(F)(F)F)c2)NC1=O)c1ccccc1. The van der Waals surface area contributed by atoms with E-state index in [2.05, 4.69) is 15.4 Å². The summed E-state index contributed by atoms with van der Waals surface area (Å²) in [5, 5.41) is 5.87. The number of hydrogen-bond acceptors (Lipinski definition) is 3. The molecule has 0 bridgehead atoms. The first-order valence-corrected chi connectivity index (χ1v) is 8.02. The molecule has 0 saturated heterocycles. The number of amides is 1. The van der Waals surface area contributed by atoms with Gasteiger partial charge in [0.15, 0.2) is 0 Å². The largest absolute Gasteiger partial charge is 0.573 e. The monoisotopic (exact) mass is 362 g/mol. The number of ether oxygens (including phenoxy) is 1. The van der Waals surface area contributed by atoms with Crippen LogP contribution in [0.25, 0.3) is 0 Å². The van der Waals surface area contributed by atoms with Crippen molar-refractivity contribution >= 4 is 5.91 Å². The number of halogens is 3. The molecule has 1 heterocycles. The Morgan fingerprint density at radius 1 is 1.12 bits per heavy atom. The highest BCUT2D eigenvalue weighted by Gasteiger charge is 2.32. The van der Waals surface area contributed by atoms with Gasteiger partial charge in [-0.2, -0.15) is 0 Å². The summed E-state index contributed by atoms with van der Waals surface area (Å²) in [6.07, 6.45) is -3.10. The molecule has 26 heavy (non-hydrogen) atoms. The first kappa shape index (κ1) is 17.8. The standard InChI is InChI=1S/C19H17F3N2O2/c1-12(13-6-3-2-4-7-13)23-17-11-16(24-18(17)25)14-8-5-9-15(10-14)26-19(20,21)22/h2-12,16,23H,1H3,(H,24,25)/t12-,16?/m1/s1. The van der Waals surface area contributed by atoms with Crippen LogP contribution in [0.1, 0.15) is 30.1 Å². The molecule has 4 nitrogen and oxygen atoms in total. The molecule has 136 valence electrons. The van der Waals surface area contributed by atoms with E-state index in [0.717, 1.165) is 5.56 Å². The van der Waals surface area contributed by atoms with Gasteiger partial charge < -0.3 is 15.4 Å². The van der Waals surface area contributed by atoms with Crippen LogP contribution in [0.5, 0.6) is 5.75 Å². The van der Waals surface area contributed by atoms with Gasteiger partial charge in [-0.25, -0.2) is 0 Å². The summed E-state index contributed by atoms with van der Waals surface area (Å²) in [4.78, 5) is 12.2. The first-order valence-electron chi connectivity index (χ1n) is 8.02. The second-order valence-corrected chi connectivity index (χ2v) is 5.93. The van der Waals surface area contributed by atoms with E-state index in [1.165, 1.54) is 18.2 Å². The van der Waals surface area contributed by atoms with Gasteiger partial charge in [-0.15, -0.1) is 13.2 Å². The Hall–Kier alpha value is -2.96. The zero-order valence-corrected chi connectivity index (χ0v) is 13.9. The predicted octanol–water partition coefficient (Wildman–Crippen LogP) is 3.99. The lowest BCUT2D eigenvalue weighted by atomic mass is 10.1. The second-order valence-electron chi connectivity index (χ2n) is 5.93. The van der Waals surface area contributed by atoms with Gasteiger partial charge in [-0.05, 0) is 36.3 Å². The lowest BCUT2D eigenvalue weighted by Gasteiger charge is -2.15. The smallest absolute Gasteiger partial charge is 0.406 e. The summed E-state index contributed by atoms with van der Waals surface area (Å²) >= 11 is 0. The number of carbonyl (C=O) groups is 1. The van der Waals surface area contributed by atoms with E-state index in [-0.39, 0.29) is 17.7 Å². The van der Waals surface area contributed by atoms with Crippen LogP contribution in [-0.2, 0) is 4.79 Å². The Morgan fingerprint density at radius 3 is 2.54 bits per heavy atom. The molecule has 3 rings (SSSR count). The molecule has 0 aromatic heterocycles. The molecule has 7 heteroatoms. The molecule has 2 atom stereocenters. The first-order chi connectivity index (χ1) is 12.3. The van der Waals surface area contributed by atoms with E-state index in [9.17, 15) is 18.0 Å². The van der Waals surface area contributed by atoms with E-state index >= 15 is 0 Å². The van der Waals surface area contributed by atoms with Gasteiger partial charge in [0.2, 0.25) is 0 Å². The third kappa shape index (κ3) is 4.36. The molecule has 2 aromatic carbocycles. The van der Waals surface area contributed by atoms with E-state index in [0.29, 0.717) is 11.3 Å². The van der Waals surface area contributed by atoms with Crippen LogP contribution >= 0.6 is 0 Å². The fraction of sp³-hybridized carbons (Fsp3) is 0.211. The van der Waals surface area contributed by atoms with Crippen molar-refractivity contribution in [3.63, 3.8) is 0 Å². The third-order valence-electron chi connectivity index (χ3n) is 3.99. The van der Waals surface area contributed by atoms with Crippen LogP contribution in [-0.4, -0.2) is 12.3 Å². The number of benzene rings is 2. The third-order valence-corrected chi connectivity index (χ3v) is 3.99. The minimum atomic E-state index is -4.76. The number of rotatable bonds is 5. The van der Waals surface area contributed by atoms with Crippen molar-refractivity contribution in [3.8, 4) is 5.75 Å². The summed E-state index contributed by atoms with van der Waals surface area (Å²) in [5.74, 6) is -0.628. The fourth-order valence-corrected chi connectivity index (χ4v) is 2.76. The van der Waals surface area contributed by atoms with Crippen molar-refractivity contribution in [3.05, 3.63) is 77.5 Å². The minimum absolute atomic E-state index is 0.0909. The van der Waals surface area contributed by atoms with Crippen LogP contribution in [0.15, 0.2) is 66.4 Å². The molecule has 2 aromatic rings. The molecule has 2 N–H and O–H groups in total. The molecule has 1 amide bonds. The summed E-state index contributed by atoms with van der Waals surface area (Å²) in [7, 11) is 0. The Bertz CT molecular complexity index is 819. The van der Waals surface area contributed by atoms with Crippen molar-refractivity contribution in [1.82, 2.24) is 10.6 Å². The van der Waals surface area contributed by atoms with Crippen molar-refractivity contribution < 1.29 is 22.7 Å². The maximum absolute atomic E-state index is 12.4. The van der Waals surface area contributed by atoms with Gasteiger partial charge in [0.25, 0.3) is 5.91 Å². The van der Waals surface area contributed by atoms with Crippen LogP contribution in [0.4, 0.5) is 13.2 Å². The fourth-order valence-electron chi connectivity index (χ4n) is 2.76. The number of carbonyl (C=O) groups excluding carboxylic acids is 1. The Balaban J connectivity index is 1.75. The van der Waals surface area contributed by atoms with E-state index in [1.54, 1.807) is 12.1 Å². The van der Waals surface area contributed by atoms with E-state index in [1.807, 2.05) is 37.3 Å². The summed E-state index contributed by atoms with van der Waals surface area (Å²) in [6.45, 7) is 1.93. The van der Waals surface area contributed by atoms with Crippen molar-refractivity contribution in [1.29, 1.82) is 0 Å². The maximum atomic E-state index is 12.4. The molecular formula is C19H17F3N2O2. The van der Waals surface area contributed by atoms with Gasteiger partial charge in [-0.3, -0.25) is 4.79 Å². The van der Waals surface area contributed by atoms with Gasteiger partial charge in [0.1, 0.15) is 5.75 Å². The highest BCUT2D eigenvalue weighted by atomic mass is 19.4. The maximum Gasteiger partial charge on any atom is 0.573 e. The quantitative estimate of drug-likeness (QED) is 0.846. The predicted molar refractivity (Wildman–Crippen MR) is 90.1 cm³/mol. The van der Waals surface area contributed by atoms with Crippen LogP contribution in [0.2, 0.25) is 0 Å². The van der Waals surface area contributed by atoms with Gasteiger partial charge >= 0.3 is 6.36 Å². The zero-order valence-electron chi connectivity index (χ0n) is 13.9. The summed E-state index contributed by atoms with van der Waals surface area (Å²) in [5.41, 5.74) is 1.91. The molecule has 1 aliphatic rings. The average Bonchev–Trinajstić information content (AvgIpc) is 2.95. The van der Waals surface area contributed by atoms with Gasteiger partial charge in [0, 0.05) is 6.04 Å². The molecule has 0 saturated carbocycles. The molecule has 0 spiro atoms. The lowest BCUT2D eigenvalue weighted by molar-refractivity contribution is -0.274. The van der Waals surface area contributed by atoms with Gasteiger partial charge in [0.05, 0.1) is 11.7 Å². The van der Waals surface area contributed by atoms with Crippen molar-refractivity contribution in [2.75, 3.05) is 0 Å². The van der Waals surface area contributed by atoms with Crippen LogP contribution in [0, 0.1) is 0 Å². The van der Waals surface area contributed by atoms with Crippen LogP contribution in [0.3, 0.4) is 0 Å². The van der Waals surface area contributed by atoms with Crippen LogP contribution < -0.4 is 15.4 Å². The highest BCUT2D eigenvalue weighted by Crippen LogP contribution is 2.28. The molecule has 0 fully saturated rings. The van der Waals surface area contributed by atoms with Crippen molar-refractivity contribution in [2.45, 2.75) is 25.4 Å². The van der Waals surface area contributed by atoms with E-state index in [4.69, 9.17) is 0 Å². The Labute approximate surface area is 148 Å². The highest BCUT2D eigenvalue weighted by molar-refractivity contribution is 5.96. The second kappa shape index (κ2) is 7.11. The molecule has 0 aliphatic carbocycles. The van der Waals surface area contributed by atoms with Crippen molar-refractivity contribution in [2.24, 2.45) is 0 Å². The lowest BCUT2D eigenvalue weighted by Crippen LogP contribution is -2.28. The normalized spacial score (nSPS) is 18.1. The number of hydrogen-bond donors (Lipinski definition) is 2. The molecular weight excluding hydrogens is 345 g/mol. The van der Waals surface area contributed by atoms with Gasteiger partial charge in [-0.1, -0.05) is 42.5 Å². The van der Waals surface area contributed by atoms with E-state index < -0.39 is 12.4 Å². The zero-order chi connectivity index (χ0) is 18.7. The Morgan fingerprint density at radius 2 is 1.85 bits per heavy atom. The minimum Gasteiger partial charge on any atom is -0.406 e. The summed E-state index contributed by atoms with van der Waals surface area (Å²) < 4.78 is 41.0. The molecule has 1 aliphatic heterocycles. The number of nitrogens with one attached hydrogen (secondary N) is 2. The molecule has 1 unspecified atom stereocenters. The summed E-state index contributed by atoms with van der Waals surface area (Å²) in [6, 6.07) is 14.6. The topological polar surface area (TPSA) is 50.4 Å². The number of alkyl halides is 3. The average molecular weight is 362 g/mol. The molecule has 0 radical (unpaired) electrons. The Kier molecular flexibility index (Phi) is 4.88.